The normalized spacial score (nSPS) is 15.0. The molecule has 0 aliphatic carbocycles. The zero-order valence-electron chi connectivity index (χ0n) is 20.7. The van der Waals surface area contributed by atoms with Gasteiger partial charge in [0.15, 0.2) is 0 Å². The molecule has 0 bridgehead atoms. The van der Waals surface area contributed by atoms with Crippen LogP contribution in [-0.4, -0.2) is 40.3 Å². The molecule has 1 N–H and O–H groups in total. The number of esters is 1. The van der Waals surface area contributed by atoms with E-state index < -0.39 is 29.1 Å². The van der Waals surface area contributed by atoms with Gasteiger partial charge < -0.3 is 9.64 Å². The number of rotatable bonds is 7. The summed E-state index contributed by atoms with van der Waals surface area (Å²) in [7, 11) is 1.24. The average Bonchev–Trinajstić information content (AvgIpc) is 2.90. The molecule has 1 saturated heterocycles. The van der Waals surface area contributed by atoms with Gasteiger partial charge in [-0.15, -0.1) is 0 Å². The van der Waals surface area contributed by atoms with Crippen LogP contribution < -0.4 is 21.9 Å². The first-order valence-electron chi connectivity index (χ1n) is 12.1. The molecule has 0 radical (unpaired) electrons. The molecule has 2 aromatic carbocycles. The molecule has 0 unspecified atom stereocenters. The number of nitrogens with one attached hydrogen (secondary N) is 1. The summed E-state index contributed by atoms with van der Waals surface area (Å²) in [4.78, 5) is 47.2. The van der Waals surface area contributed by atoms with Crippen LogP contribution in [0.15, 0.2) is 57.0 Å². The number of H-pyrrole nitrogens is 1. The number of nitrogens with zero attached hydrogens (tertiary/aromatic N) is 4. The molecule has 1 atom stereocenters. The Morgan fingerprint density at radius 2 is 1.81 bits per heavy atom. The predicted octanol–water partition coefficient (Wildman–Crippen LogP) is 3.21. The van der Waals surface area contributed by atoms with Crippen molar-refractivity contribution in [2.45, 2.75) is 39.3 Å². The fraction of sp³-hybridized carbons (Fsp3) is 0.385. The largest absolute Gasteiger partial charge is 0.469 e. The number of hydrogen-bond donors (Lipinski definition) is 1. The number of aromatic nitrogens is 3. The van der Waals surface area contributed by atoms with E-state index >= 15 is 0 Å². The Morgan fingerprint density at radius 1 is 1.11 bits per heavy atom. The topological polar surface area (TPSA) is 102 Å². The Morgan fingerprint density at radius 3 is 2.46 bits per heavy atom. The van der Waals surface area contributed by atoms with Crippen molar-refractivity contribution in [1.82, 2.24) is 14.1 Å². The van der Waals surface area contributed by atoms with Gasteiger partial charge in [0, 0.05) is 30.7 Å². The molecule has 1 aliphatic rings. The van der Waals surface area contributed by atoms with Crippen molar-refractivity contribution in [1.29, 1.82) is 0 Å². The van der Waals surface area contributed by atoms with Crippen LogP contribution in [0.25, 0.3) is 0 Å². The molecule has 2 heterocycles. The van der Waals surface area contributed by atoms with Crippen LogP contribution in [0.2, 0.25) is 5.02 Å². The molecule has 0 saturated carbocycles. The van der Waals surface area contributed by atoms with Gasteiger partial charge in [-0.05, 0) is 49.1 Å². The number of aromatic amines is 1. The molecule has 1 fully saturated rings. The molecule has 1 aliphatic heterocycles. The number of piperidine rings is 1. The molecule has 9 nitrogen and oxygen atoms in total. The highest BCUT2D eigenvalue weighted by Crippen LogP contribution is 2.26. The van der Waals surface area contributed by atoms with Gasteiger partial charge in [0.05, 0.1) is 30.9 Å². The summed E-state index contributed by atoms with van der Waals surface area (Å²) >= 11 is 5.99. The van der Waals surface area contributed by atoms with Gasteiger partial charge in [0.2, 0.25) is 5.62 Å². The summed E-state index contributed by atoms with van der Waals surface area (Å²) in [6.45, 7) is 3.04. The Labute approximate surface area is 217 Å². The third-order valence-electron chi connectivity index (χ3n) is 6.36. The number of anilines is 1. The number of benzene rings is 2. The second-order valence-corrected chi connectivity index (χ2v) is 9.52. The van der Waals surface area contributed by atoms with E-state index in [1.165, 1.54) is 17.7 Å². The van der Waals surface area contributed by atoms with E-state index in [1.807, 2.05) is 4.90 Å². The molecule has 37 heavy (non-hydrogen) atoms. The molecule has 11 heteroatoms. The average molecular weight is 530 g/mol. The minimum absolute atomic E-state index is 0.0444. The third-order valence-corrected chi connectivity index (χ3v) is 6.61. The van der Waals surface area contributed by atoms with Gasteiger partial charge in [0.25, 0.3) is 0 Å². The minimum atomic E-state index is -0.739. The van der Waals surface area contributed by atoms with E-state index in [0.29, 0.717) is 10.7 Å². The van der Waals surface area contributed by atoms with Gasteiger partial charge >= 0.3 is 17.3 Å². The van der Waals surface area contributed by atoms with E-state index in [1.54, 1.807) is 43.3 Å². The monoisotopic (exact) mass is 529 g/mol. The lowest BCUT2D eigenvalue weighted by atomic mass is 10.1. The second-order valence-electron chi connectivity index (χ2n) is 9.08. The Balaban J connectivity index is 1.79. The minimum Gasteiger partial charge on any atom is -0.469 e. The molecular weight excluding hydrogens is 501 g/mol. The predicted molar refractivity (Wildman–Crippen MR) is 139 cm³/mol. The van der Waals surface area contributed by atoms with Gasteiger partial charge in [-0.25, -0.2) is 23.5 Å². The van der Waals surface area contributed by atoms with E-state index in [2.05, 4.69) is 9.98 Å². The summed E-state index contributed by atoms with van der Waals surface area (Å²) in [5.74, 6) is -1.70. The van der Waals surface area contributed by atoms with Crippen molar-refractivity contribution in [3.8, 4) is 0 Å². The van der Waals surface area contributed by atoms with Crippen LogP contribution in [0.1, 0.15) is 31.7 Å². The highest BCUT2D eigenvalue weighted by molar-refractivity contribution is 6.30. The lowest BCUT2D eigenvalue weighted by Crippen LogP contribution is -2.51. The molecule has 196 valence electrons. The van der Waals surface area contributed by atoms with Crippen LogP contribution in [0.3, 0.4) is 0 Å². The highest BCUT2D eigenvalue weighted by Gasteiger charge is 2.19. The van der Waals surface area contributed by atoms with E-state index in [9.17, 15) is 18.8 Å². The van der Waals surface area contributed by atoms with Crippen LogP contribution in [0.5, 0.6) is 0 Å². The standard InChI is InChI=1S/C26H29ClFN5O4/c1-17(23(34)37-2)15-33-25(35)30-24(32(26(33)36)16-18-6-8-19(27)9-7-18)29-20-10-11-22(21(28)14-20)31-12-4-3-5-13-31/h6-11,14,17H,3-5,12-13,15-16H2,1-2H3,(H,29,30,35)/t17-/m0/s1. The maximum absolute atomic E-state index is 15.0. The zero-order valence-corrected chi connectivity index (χ0v) is 21.5. The fourth-order valence-corrected chi connectivity index (χ4v) is 4.47. The summed E-state index contributed by atoms with van der Waals surface area (Å²) in [6.07, 6.45) is 3.17. The Bertz CT molecular complexity index is 1460. The molecule has 0 amide bonds. The molecule has 4 rings (SSSR count). The van der Waals surface area contributed by atoms with Crippen LogP contribution in [0.4, 0.5) is 15.8 Å². The molecule has 3 aromatic rings. The molecule has 0 spiro atoms. The maximum atomic E-state index is 15.0. The van der Waals surface area contributed by atoms with Crippen LogP contribution >= 0.6 is 11.6 Å². The number of carbonyl (C=O) groups is 1. The van der Waals surface area contributed by atoms with Crippen molar-refractivity contribution in [3.05, 3.63) is 85.5 Å². The fourth-order valence-electron chi connectivity index (χ4n) is 4.35. The van der Waals surface area contributed by atoms with Crippen LogP contribution in [-0.2, 0) is 22.6 Å². The summed E-state index contributed by atoms with van der Waals surface area (Å²) in [5.41, 5.74) is 0.0364. The lowest BCUT2D eigenvalue weighted by molar-refractivity contribution is -0.145. The Kier molecular flexibility index (Phi) is 8.27. The van der Waals surface area contributed by atoms with Gasteiger partial charge in [-0.2, -0.15) is 0 Å². The van der Waals surface area contributed by atoms with E-state index in [0.717, 1.165) is 42.5 Å². The van der Waals surface area contributed by atoms with E-state index in [-0.39, 0.29) is 24.4 Å². The highest BCUT2D eigenvalue weighted by atomic mass is 35.5. The van der Waals surface area contributed by atoms with Crippen molar-refractivity contribution in [2.75, 3.05) is 25.1 Å². The Hall–Kier alpha value is -3.66. The smallest absolute Gasteiger partial charge is 0.335 e. The summed E-state index contributed by atoms with van der Waals surface area (Å²) < 4.78 is 21.9. The number of hydrogen-bond acceptors (Lipinski definition) is 6. The third kappa shape index (κ3) is 6.19. The first-order chi connectivity index (χ1) is 17.8. The van der Waals surface area contributed by atoms with Crippen molar-refractivity contribution in [2.24, 2.45) is 10.9 Å². The first kappa shape index (κ1) is 26.4. The zero-order chi connectivity index (χ0) is 26.5. The van der Waals surface area contributed by atoms with E-state index in [4.69, 9.17) is 16.3 Å². The lowest BCUT2D eigenvalue weighted by Gasteiger charge is -2.29. The molecular formula is C26H29ClFN5O4. The number of halogens is 2. The van der Waals surface area contributed by atoms with Crippen molar-refractivity contribution in [3.63, 3.8) is 0 Å². The van der Waals surface area contributed by atoms with Crippen LogP contribution in [0, 0.1) is 11.7 Å². The second kappa shape index (κ2) is 11.6. The van der Waals surface area contributed by atoms with Gasteiger partial charge in [0.1, 0.15) is 5.82 Å². The maximum Gasteiger partial charge on any atom is 0.335 e. The van der Waals surface area contributed by atoms with Crippen molar-refractivity contribution < 1.29 is 13.9 Å². The molecule has 1 aromatic heterocycles. The SMILES string of the molecule is COC(=O)[C@@H](C)Cn1c(=O)[nH]/c(=N\c2ccc(N3CCCCC3)c(F)c2)n(Cc2ccc(Cl)cc2)c1=O. The number of ether oxygens (including phenoxy) is 1. The number of carbonyl (C=O) groups excluding carboxylic acids is 1. The van der Waals surface area contributed by atoms with Gasteiger partial charge in [-0.3, -0.25) is 14.3 Å². The quantitative estimate of drug-likeness (QED) is 0.474. The number of methoxy groups -OCH3 is 1. The summed E-state index contributed by atoms with van der Waals surface area (Å²) in [6, 6.07) is 11.5. The van der Waals surface area contributed by atoms with Crippen molar-refractivity contribution >= 4 is 28.9 Å². The summed E-state index contributed by atoms with van der Waals surface area (Å²) in [5, 5.41) is 0.536. The van der Waals surface area contributed by atoms with Gasteiger partial charge in [-0.1, -0.05) is 30.7 Å². The first-order valence-corrected chi connectivity index (χ1v) is 12.5.